The minimum absolute atomic E-state index is 0.0556. The van der Waals surface area contributed by atoms with Crippen LogP contribution in [0.3, 0.4) is 0 Å². The molecule has 3 fully saturated rings. The maximum atomic E-state index is 9.93. The Balaban J connectivity index is 2.27. The highest BCUT2D eigenvalue weighted by molar-refractivity contribution is 8.00. The SMILES string of the molecule is CC1CC2(C)CSC1(C)CC2O. The van der Waals surface area contributed by atoms with E-state index in [0.29, 0.717) is 4.75 Å². The zero-order chi connectivity index (χ0) is 8.98. The molecule has 0 amide bonds. The average molecular weight is 186 g/mol. The summed E-state index contributed by atoms with van der Waals surface area (Å²) in [6.07, 6.45) is 2.15. The van der Waals surface area contributed by atoms with Gasteiger partial charge in [0, 0.05) is 15.9 Å². The van der Waals surface area contributed by atoms with Crippen LogP contribution in [-0.4, -0.2) is 21.7 Å². The van der Waals surface area contributed by atoms with E-state index < -0.39 is 0 Å². The van der Waals surface area contributed by atoms with Crippen LogP contribution in [0.15, 0.2) is 0 Å². The van der Waals surface area contributed by atoms with E-state index in [-0.39, 0.29) is 11.5 Å². The van der Waals surface area contributed by atoms with Gasteiger partial charge in [-0.05, 0) is 18.8 Å². The van der Waals surface area contributed by atoms with Gasteiger partial charge in [0.1, 0.15) is 0 Å². The summed E-state index contributed by atoms with van der Waals surface area (Å²) in [5.41, 5.74) is 0.210. The summed E-state index contributed by atoms with van der Waals surface area (Å²) in [6.45, 7) is 6.88. The molecule has 2 bridgehead atoms. The van der Waals surface area contributed by atoms with Gasteiger partial charge in [-0.15, -0.1) is 0 Å². The van der Waals surface area contributed by atoms with Crippen molar-refractivity contribution in [1.29, 1.82) is 0 Å². The first kappa shape index (κ1) is 8.89. The monoisotopic (exact) mass is 186 g/mol. The van der Waals surface area contributed by atoms with Gasteiger partial charge in [-0.25, -0.2) is 0 Å². The Hall–Kier alpha value is 0.310. The Morgan fingerprint density at radius 2 is 2.00 bits per heavy atom. The lowest BCUT2D eigenvalue weighted by atomic mass is 9.65. The summed E-state index contributed by atoms with van der Waals surface area (Å²) in [7, 11) is 0. The third-order valence-corrected chi connectivity index (χ3v) is 5.98. The molecule has 0 radical (unpaired) electrons. The molecule has 2 aliphatic heterocycles. The summed E-state index contributed by atoms with van der Waals surface area (Å²) >= 11 is 2.07. The van der Waals surface area contributed by atoms with Crippen LogP contribution in [0.2, 0.25) is 0 Å². The molecule has 3 aliphatic rings. The maximum absolute atomic E-state index is 9.93. The number of thioether (sulfide) groups is 1. The molecule has 2 saturated heterocycles. The minimum Gasteiger partial charge on any atom is -0.392 e. The van der Waals surface area contributed by atoms with Crippen LogP contribution >= 0.6 is 11.8 Å². The van der Waals surface area contributed by atoms with Gasteiger partial charge in [0.2, 0.25) is 0 Å². The number of hydrogen-bond acceptors (Lipinski definition) is 2. The molecule has 4 atom stereocenters. The van der Waals surface area contributed by atoms with E-state index in [4.69, 9.17) is 0 Å². The van der Waals surface area contributed by atoms with Crippen molar-refractivity contribution in [3.05, 3.63) is 0 Å². The van der Waals surface area contributed by atoms with Gasteiger partial charge in [0.15, 0.2) is 0 Å². The van der Waals surface area contributed by atoms with Crippen molar-refractivity contribution in [2.24, 2.45) is 11.3 Å². The van der Waals surface area contributed by atoms with Crippen molar-refractivity contribution < 1.29 is 5.11 Å². The Morgan fingerprint density at radius 1 is 1.33 bits per heavy atom. The van der Waals surface area contributed by atoms with Crippen molar-refractivity contribution in [1.82, 2.24) is 0 Å². The Morgan fingerprint density at radius 3 is 2.42 bits per heavy atom. The van der Waals surface area contributed by atoms with Crippen molar-refractivity contribution in [3.63, 3.8) is 0 Å². The Bertz CT molecular complexity index is 184. The lowest BCUT2D eigenvalue weighted by molar-refractivity contribution is -0.0245. The smallest absolute Gasteiger partial charge is 0.0615 e. The van der Waals surface area contributed by atoms with Crippen LogP contribution in [0.25, 0.3) is 0 Å². The summed E-state index contributed by atoms with van der Waals surface area (Å²) in [6, 6.07) is 0. The molecule has 2 heterocycles. The van der Waals surface area contributed by atoms with Crippen LogP contribution in [0, 0.1) is 11.3 Å². The summed E-state index contributed by atoms with van der Waals surface area (Å²) in [5.74, 6) is 1.92. The summed E-state index contributed by atoms with van der Waals surface area (Å²) in [4.78, 5) is 0. The fraction of sp³-hybridized carbons (Fsp3) is 1.00. The fourth-order valence-electron chi connectivity index (χ4n) is 2.57. The molecule has 0 spiro atoms. The van der Waals surface area contributed by atoms with E-state index in [9.17, 15) is 5.11 Å². The van der Waals surface area contributed by atoms with Crippen molar-refractivity contribution in [2.75, 3.05) is 5.75 Å². The highest BCUT2D eigenvalue weighted by Gasteiger charge is 2.53. The van der Waals surface area contributed by atoms with E-state index in [1.807, 2.05) is 0 Å². The van der Waals surface area contributed by atoms with Crippen LogP contribution < -0.4 is 0 Å². The maximum Gasteiger partial charge on any atom is 0.0615 e. The second-order valence-corrected chi connectivity index (χ2v) is 6.59. The largest absolute Gasteiger partial charge is 0.392 e. The van der Waals surface area contributed by atoms with Crippen molar-refractivity contribution in [3.8, 4) is 0 Å². The second kappa shape index (κ2) is 2.42. The average Bonchev–Trinajstić information content (AvgIpc) is 1.96. The molecule has 2 heteroatoms. The van der Waals surface area contributed by atoms with Crippen LogP contribution in [-0.2, 0) is 0 Å². The molecule has 1 aliphatic carbocycles. The first-order chi connectivity index (χ1) is 5.46. The number of rotatable bonds is 0. The molecule has 0 aromatic heterocycles. The summed E-state index contributed by atoms with van der Waals surface area (Å²) < 4.78 is 0.358. The van der Waals surface area contributed by atoms with E-state index in [2.05, 4.69) is 32.5 Å². The first-order valence-corrected chi connectivity index (χ1v) is 5.77. The van der Waals surface area contributed by atoms with Gasteiger partial charge in [0.05, 0.1) is 6.10 Å². The van der Waals surface area contributed by atoms with Crippen molar-refractivity contribution in [2.45, 2.75) is 44.5 Å². The topological polar surface area (TPSA) is 20.2 Å². The predicted molar refractivity (Wildman–Crippen MR) is 53.4 cm³/mol. The molecule has 12 heavy (non-hydrogen) atoms. The van der Waals surface area contributed by atoms with Gasteiger partial charge in [-0.3, -0.25) is 0 Å². The fourth-order valence-corrected chi connectivity index (χ4v) is 4.18. The normalized spacial score (nSPS) is 59.0. The number of aliphatic hydroxyl groups excluding tert-OH is 1. The van der Waals surface area contributed by atoms with E-state index in [0.717, 1.165) is 18.1 Å². The minimum atomic E-state index is -0.0556. The number of fused-ring (bicyclic) bond motifs is 3. The second-order valence-electron chi connectivity index (χ2n) is 5.08. The first-order valence-electron chi connectivity index (χ1n) is 4.78. The zero-order valence-electron chi connectivity index (χ0n) is 8.13. The van der Waals surface area contributed by atoms with Gasteiger partial charge in [-0.2, -0.15) is 11.8 Å². The molecule has 1 saturated carbocycles. The molecule has 3 rings (SSSR count). The quantitative estimate of drug-likeness (QED) is 0.626. The highest BCUT2D eigenvalue weighted by Crippen LogP contribution is 2.57. The van der Waals surface area contributed by atoms with E-state index in [1.54, 1.807) is 0 Å². The third-order valence-electron chi connectivity index (χ3n) is 3.95. The van der Waals surface area contributed by atoms with Crippen molar-refractivity contribution >= 4 is 11.8 Å². The molecule has 4 unspecified atom stereocenters. The van der Waals surface area contributed by atoms with Gasteiger partial charge in [-0.1, -0.05) is 20.8 Å². The zero-order valence-corrected chi connectivity index (χ0v) is 8.95. The molecule has 1 N–H and O–H groups in total. The number of hydrogen-bond donors (Lipinski definition) is 1. The lowest BCUT2D eigenvalue weighted by Crippen LogP contribution is -2.55. The standard InChI is InChI=1S/C10H18OS/c1-7-4-9(2)6-12-10(7,3)5-8(9)11/h7-8,11H,4-6H2,1-3H3. The lowest BCUT2D eigenvalue weighted by Gasteiger charge is -2.56. The van der Waals surface area contributed by atoms with Crippen LogP contribution in [0.5, 0.6) is 0 Å². The summed E-state index contributed by atoms with van der Waals surface area (Å²) in [5, 5.41) is 9.93. The molecule has 70 valence electrons. The number of aliphatic hydroxyl groups is 1. The third kappa shape index (κ3) is 1.04. The predicted octanol–water partition coefficient (Wildman–Crippen LogP) is 2.29. The van der Waals surface area contributed by atoms with E-state index in [1.165, 1.54) is 6.42 Å². The Kier molecular flexibility index (Phi) is 1.79. The van der Waals surface area contributed by atoms with Crippen LogP contribution in [0.1, 0.15) is 33.6 Å². The molecular weight excluding hydrogens is 168 g/mol. The van der Waals surface area contributed by atoms with Gasteiger partial charge < -0.3 is 5.11 Å². The van der Waals surface area contributed by atoms with Gasteiger partial charge in [0.25, 0.3) is 0 Å². The molecule has 0 aromatic carbocycles. The van der Waals surface area contributed by atoms with E-state index >= 15 is 0 Å². The highest BCUT2D eigenvalue weighted by atomic mass is 32.2. The molecular formula is C10H18OS. The Labute approximate surface area is 78.9 Å². The molecule has 0 aromatic rings. The van der Waals surface area contributed by atoms with Crippen LogP contribution in [0.4, 0.5) is 0 Å². The van der Waals surface area contributed by atoms with Gasteiger partial charge >= 0.3 is 0 Å². The molecule has 1 nitrogen and oxygen atoms in total.